The largest absolute Gasteiger partial charge is 0.399 e. The molecule has 1 amide bonds. The van der Waals surface area contributed by atoms with Gasteiger partial charge in [-0.05, 0) is 36.4 Å². The van der Waals surface area contributed by atoms with Crippen LogP contribution in [0.3, 0.4) is 0 Å². The van der Waals surface area contributed by atoms with Crippen molar-refractivity contribution in [3.8, 4) is 0 Å². The number of nitrogens with two attached hydrogens (primary N) is 1. The summed E-state index contributed by atoms with van der Waals surface area (Å²) in [5.74, 6) is -1.60. The molecule has 0 aliphatic rings. The highest BCUT2D eigenvalue weighted by Crippen LogP contribution is 2.26. The summed E-state index contributed by atoms with van der Waals surface area (Å²) in [4.78, 5) is 11.9. The zero-order valence-corrected chi connectivity index (χ0v) is 12.3. The van der Waals surface area contributed by atoms with E-state index in [0.29, 0.717) is 16.4 Å². The fraction of sp³-hybridized carbons (Fsp3) is 0.0714. The minimum atomic E-state index is -0.573. The minimum absolute atomic E-state index is 0.0730. The predicted molar refractivity (Wildman–Crippen MR) is 81.6 cm³/mol. The third-order valence-electron chi connectivity index (χ3n) is 2.52. The first-order valence-electron chi connectivity index (χ1n) is 5.88. The molecule has 0 aliphatic heterocycles. The van der Waals surface area contributed by atoms with E-state index in [2.05, 4.69) is 5.32 Å². The molecule has 2 aromatic carbocycles. The van der Waals surface area contributed by atoms with Crippen molar-refractivity contribution >= 4 is 40.6 Å². The summed E-state index contributed by atoms with van der Waals surface area (Å²) >= 11 is 6.81. The van der Waals surface area contributed by atoms with Crippen molar-refractivity contribution in [2.75, 3.05) is 16.8 Å². The maximum absolute atomic E-state index is 13.4. The molecule has 0 spiro atoms. The second-order valence-electron chi connectivity index (χ2n) is 4.15. The molecule has 0 aliphatic carbocycles. The minimum Gasteiger partial charge on any atom is -0.399 e. The lowest BCUT2D eigenvalue weighted by molar-refractivity contribution is -0.113. The molecule has 3 N–H and O–H groups in total. The van der Waals surface area contributed by atoms with Crippen LogP contribution in [0.1, 0.15) is 0 Å². The van der Waals surface area contributed by atoms with Crippen LogP contribution in [-0.2, 0) is 4.79 Å². The van der Waals surface area contributed by atoms with Crippen molar-refractivity contribution < 1.29 is 13.6 Å². The van der Waals surface area contributed by atoms with E-state index in [1.165, 1.54) is 6.07 Å². The number of hydrogen-bond donors (Lipinski definition) is 2. The van der Waals surface area contributed by atoms with Crippen LogP contribution in [0.25, 0.3) is 0 Å². The lowest BCUT2D eigenvalue weighted by atomic mass is 10.3. The van der Waals surface area contributed by atoms with Crippen LogP contribution in [0, 0.1) is 11.6 Å². The molecule has 2 aromatic rings. The van der Waals surface area contributed by atoms with Gasteiger partial charge < -0.3 is 11.1 Å². The fourth-order valence-electron chi connectivity index (χ4n) is 1.56. The van der Waals surface area contributed by atoms with Gasteiger partial charge in [0.15, 0.2) is 0 Å². The van der Waals surface area contributed by atoms with Crippen molar-refractivity contribution in [2.45, 2.75) is 4.90 Å². The van der Waals surface area contributed by atoms with Gasteiger partial charge in [-0.1, -0.05) is 11.6 Å². The fourth-order valence-corrected chi connectivity index (χ4v) is 2.48. The Morgan fingerprint density at radius 2 is 2.00 bits per heavy atom. The number of carbonyl (C=O) groups is 1. The summed E-state index contributed by atoms with van der Waals surface area (Å²) in [6.07, 6.45) is 0. The van der Waals surface area contributed by atoms with Crippen LogP contribution >= 0.6 is 23.4 Å². The average molecular weight is 329 g/mol. The molecule has 0 saturated carbocycles. The summed E-state index contributed by atoms with van der Waals surface area (Å²) in [5.41, 5.74) is 6.43. The molecule has 3 nitrogen and oxygen atoms in total. The van der Waals surface area contributed by atoms with Gasteiger partial charge in [-0.3, -0.25) is 4.79 Å². The van der Waals surface area contributed by atoms with Gasteiger partial charge in [-0.25, -0.2) is 8.78 Å². The molecule has 21 heavy (non-hydrogen) atoms. The zero-order valence-electron chi connectivity index (χ0n) is 10.7. The lowest BCUT2D eigenvalue weighted by Gasteiger charge is -2.08. The van der Waals surface area contributed by atoms with E-state index in [-0.39, 0.29) is 10.6 Å². The number of nitrogens with one attached hydrogen (secondary N) is 1. The summed E-state index contributed by atoms with van der Waals surface area (Å²) in [6, 6.07) is 7.77. The Bertz CT molecular complexity index is 682. The third kappa shape index (κ3) is 4.34. The summed E-state index contributed by atoms with van der Waals surface area (Å²) in [5, 5.41) is 2.91. The molecule has 0 unspecified atom stereocenters. The molecule has 0 radical (unpaired) electrons. The van der Waals surface area contributed by atoms with Crippen molar-refractivity contribution in [3.05, 3.63) is 53.1 Å². The van der Waals surface area contributed by atoms with E-state index < -0.39 is 17.5 Å². The predicted octanol–water partition coefficient (Wildman–Crippen LogP) is 3.93. The van der Waals surface area contributed by atoms with Gasteiger partial charge in [0, 0.05) is 10.6 Å². The van der Waals surface area contributed by atoms with Gasteiger partial charge in [0.1, 0.15) is 11.6 Å². The van der Waals surface area contributed by atoms with Crippen LogP contribution < -0.4 is 11.1 Å². The number of hydrogen-bond acceptors (Lipinski definition) is 3. The van der Waals surface area contributed by atoms with E-state index in [1.54, 1.807) is 12.1 Å². The lowest BCUT2D eigenvalue weighted by Crippen LogP contribution is -2.14. The van der Waals surface area contributed by atoms with Gasteiger partial charge in [0.2, 0.25) is 5.91 Å². The number of nitrogen functional groups attached to an aromatic ring is 1. The molecule has 0 aromatic heterocycles. The van der Waals surface area contributed by atoms with E-state index in [0.717, 1.165) is 30.0 Å². The first-order chi connectivity index (χ1) is 9.95. The van der Waals surface area contributed by atoms with E-state index in [9.17, 15) is 13.6 Å². The maximum atomic E-state index is 13.4. The quantitative estimate of drug-likeness (QED) is 0.660. The second kappa shape index (κ2) is 6.78. The smallest absolute Gasteiger partial charge is 0.234 e. The van der Waals surface area contributed by atoms with Crippen molar-refractivity contribution in [1.29, 1.82) is 0 Å². The average Bonchev–Trinajstić information content (AvgIpc) is 2.44. The van der Waals surface area contributed by atoms with Crippen LogP contribution in [0.4, 0.5) is 20.2 Å². The van der Waals surface area contributed by atoms with Crippen LogP contribution in [0.5, 0.6) is 0 Å². The summed E-state index contributed by atoms with van der Waals surface area (Å²) in [6.45, 7) is 0. The Hall–Kier alpha value is -1.79. The normalized spacial score (nSPS) is 10.4. The molecule has 0 bridgehead atoms. The van der Waals surface area contributed by atoms with Crippen LogP contribution in [0.2, 0.25) is 5.02 Å². The topological polar surface area (TPSA) is 55.1 Å². The number of carbonyl (C=O) groups excluding carboxylic acids is 1. The Balaban J connectivity index is 1.99. The molecule has 0 saturated heterocycles. The summed E-state index contributed by atoms with van der Waals surface area (Å²) in [7, 11) is 0. The zero-order chi connectivity index (χ0) is 15.4. The first kappa shape index (κ1) is 15.6. The highest BCUT2D eigenvalue weighted by Gasteiger charge is 2.10. The van der Waals surface area contributed by atoms with Crippen molar-refractivity contribution in [3.63, 3.8) is 0 Å². The first-order valence-corrected chi connectivity index (χ1v) is 7.25. The molecule has 0 heterocycles. The Kier molecular flexibility index (Phi) is 5.03. The van der Waals surface area contributed by atoms with E-state index in [1.807, 2.05) is 0 Å². The van der Waals surface area contributed by atoms with Gasteiger partial charge in [-0.15, -0.1) is 11.8 Å². The molecule has 110 valence electrons. The highest BCUT2D eigenvalue weighted by molar-refractivity contribution is 8.00. The van der Waals surface area contributed by atoms with Gasteiger partial charge in [0.25, 0.3) is 0 Å². The second-order valence-corrected chi connectivity index (χ2v) is 5.58. The molecule has 2 rings (SSSR count). The number of halogens is 3. The molecular weight excluding hydrogens is 318 g/mol. The van der Waals surface area contributed by atoms with Gasteiger partial charge in [0.05, 0.1) is 16.5 Å². The summed E-state index contributed by atoms with van der Waals surface area (Å²) < 4.78 is 26.4. The number of rotatable bonds is 4. The molecular formula is C14H11ClF2N2OS. The van der Waals surface area contributed by atoms with Crippen molar-refractivity contribution in [2.24, 2.45) is 0 Å². The molecule has 0 fully saturated rings. The standard InChI is InChI=1S/C14H11ClF2N2OS/c15-10-3-2-9(18)6-12(10)19-14(20)7-21-13-5-8(16)1-4-11(13)17/h1-6H,7,18H2,(H,19,20). The van der Waals surface area contributed by atoms with E-state index >= 15 is 0 Å². The Morgan fingerprint density at radius 3 is 2.76 bits per heavy atom. The SMILES string of the molecule is Nc1ccc(Cl)c(NC(=O)CSc2cc(F)ccc2F)c1. The number of thioether (sulfide) groups is 1. The Labute approximate surface area is 129 Å². The van der Waals surface area contributed by atoms with Gasteiger partial charge in [-0.2, -0.15) is 0 Å². The number of amides is 1. The Morgan fingerprint density at radius 1 is 1.24 bits per heavy atom. The molecule has 7 heteroatoms. The molecule has 0 atom stereocenters. The third-order valence-corrected chi connectivity index (χ3v) is 3.88. The van der Waals surface area contributed by atoms with Crippen molar-refractivity contribution in [1.82, 2.24) is 0 Å². The van der Waals surface area contributed by atoms with Gasteiger partial charge >= 0.3 is 0 Å². The van der Waals surface area contributed by atoms with Crippen LogP contribution in [0.15, 0.2) is 41.3 Å². The number of anilines is 2. The monoisotopic (exact) mass is 328 g/mol. The number of benzene rings is 2. The maximum Gasteiger partial charge on any atom is 0.234 e. The highest BCUT2D eigenvalue weighted by atomic mass is 35.5. The van der Waals surface area contributed by atoms with E-state index in [4.69, 9.17) is 17.3 Å². The van der Waals surface area contributed by atoms with Crippen LogP contribution in [-0.4, -0.2) is 11.7 Å².